The molecule has 1 heterocycles. The first-order valence-electron chi connectivity index (χ1n) is 5.61. The number of aliphatic carboxylic acids is 1. The van der Waals surface area contributed by atoms with Crippen molar-refractivity contribution in [3.8, 4) is 0 Å². The van der Waals surface area contributed by atoms with E-state index >= 15 is 0 Å². The lowest BCUT2D eigenvalue weighted by Crippen LogP contribution is -2.56. The molecule has 0 aliphatic carbocycles. The van der Waals surface area contributed by atoms with E-state index in [0.29, 0.717) is 0 Å². The minimum atomic E-state index is -1.21. The summed E-state index contributed by atoms with van der Waals surface area (Å²) in [5.74, 6) is -1.78. The summed E-state index contributed by atoms with van der Waals surface area (Å²) in [5.41, 5.74) is 5.27. The highest BCUT2D eigenvalue weighted by molar-refractivity contribution is 5.73. The van der Waals surface area contributed by atoms with Crippen molar-refractivity contribution >= 4 is 5.97 Å². The van der Waals surface area contributed by atoms with Crippen molar-refractivity contribution in [2.75, 3.05) is 13.2 Å². The smallest absolute Gasteiger partial charge is 0.322 e. The molecule has 1 rings (SSSR count). The Kier molecular flexibility index (Phi) is 5.45. The average Bonchev–Trinajstić information content (AvgIpc) is 2.34. The SMILES string of the molecule is CC1C(OC[C@H](N)C(=O)O)OC(CO)C(O)C1O. The van der Waals surface area contributed by atoms with Crippen LogP contribution in [0.15, 0.2) is 0 Å². The molecule has 0 aromatic heterocycles. The maximum atomic E-state index is 10.5. The lowest BCUT2D eigenvalue weighted by Gasteiger charge is -2.40. The molecule has 0 saturated carbocycles. The van der Waals surface area contributed by atoms with Crippen LogP contribution in [-0.2, 0) is 14.3 Å². The van der Waals surface area contributed by atoms with Gasteiger partial charge in [0.05, 0.1) is 19.3 Å². The van der Waals surface area contributed by atoms with Gasteiger partial charge >= 0.3 is 5.97 Å². The summed E-state index contributed by atoms with van der Waals surface area (Å²) in [6.07, 6.45) is -4.23. The molecule has 8 nitrogen and oxygen atoms in total. The molecular weight excluding hydrogens is 246 g/mol. The van der Waals surface area contributed by atoms with E-state index in [2.05, 4.69) is 0 Å². The number of aliphatic hydroxyl groups excluding tert-OH is 3. The number of carboxylic acids is 1. The fraction of sp³-hybridized carbons (Fsp3) is 0.900. The predicted molar refractivity (Wildman–Crippen MR) is 58.5 cm³/mol. The Morgan fingerprint density at radius 2 is 2.06 bits per heavy atom. The van der Waals surface area contributed by atoms with Gasteiger partial charge in [-0.15, -0.1) is 0 Å². The van der Waals surface area contributed by atoms with E-state index in [0.717, 1.165) is 0 Å². The van der Waals surface area contributed by atoms with Crippen molar-refractivity contribution in [1.29, 1.82) is 0 Å². The number of rotatable bonds is 5. The third kappa shape index (κ3) is 3.37. The van der Waals surface area contributed by atoms with E-state index < -0.39 is 49.1 Å². The van der Waals surface area contributed by atoms with Gasteiger partial charge in [0, 0.05) is 5.92 Å². The Morgan fingerprint density at radius 3 is 2.56 bits per heavy atom. The zero-order valence-electron chi connectivity index (χ0n) is 9.97. The molecule has 6 N–H and O–H groups in total. The minimum absolute atomic E-state index is 0.286. The average molecular weight is 265 g/mol. The molecule has 1 aliphatic heterocycles. The largest absolute Gasteiger partial charge is 0.480 e. The Morgan fingerprint density at radius 1 is 1.44 bits per heavy atom. The van der Waals surface area contributed by atoms with Crippen molar-refractivity contribution in [1.82, 2.24) is 0 Å². The number of hydrogen-bond acceptors (Lipinski definition) is 7. The summed E-state index contributed by atoms with van der Waals surface area (Å²) in [6.45, 7) is 0.819. The zero-order valence-corrected chi connectivity index (χ0v) is 9.97. The second-order valence-electron chi connectivity index (χ2n) is 4.34. The molecule has 0 amide bonds. The van der Waals surface area contributed by atoms with Crippen LogP contribution in [0, 0.1) is 5.92 Å². The molecule has 0 radical (unpaired) electrons. The monoisotopic (exact) mass is 265 g/mol. The standard InChI is InChI=1S/C10H19NO7/c1-4-7(13)8(14)6(2-12)18-10(4)17-3-5(11)9(15)16/h4-8,10,12-14H,2-3,11H2,1H3,(H,15,16)/t4?,5-,6?,7?,8?,10?/m0/s1. The van der Waals surface area contributed by atoms with Crippen LogP contribution < -0.4 is 5.73 Å². The summed E-state index contributed by atoms with van der Waals surface area (Å²) in [5, 5.41) is 36.9. The van der Waals surface area contributed by atoms with Crippen LogP contribution in [0.2, 0.25) is 0 Å². The van der Waals surface area contributed by atoms with Gasteiger partial charge in [-0.3, -0.25) is 4.79 Å². The number of carboxylic acid groups (broad SMARTS) is 1. The van der Waals surface area contributed by atoms with E-state index in [1.54, 1.807) is 6.92 Å². The van der Waals surface area contributed by atoms with Crippen LogP contribution in [-0.4, -0.2) is 70.3 Å². The second-order valence-corrected chi connectivity index (χ2v) is 4.34. The van der Waals surface area contributed by atoms with Crippen molar-refractivity contribution < 1.29 is 34.7 Å². The second kappa shape index (κ2) is 6.41. The Balaban J connectivity index is 2.56. The summed E-state index contributed by atoms with van der Waals surface area (Å²) in [4.78, 5) is 10.5. The molecule has 6 atom stereocenters. The number of aliphatic hydroxyl groups is 3. The topological polar surface area (TPSA) is 142 Å². The molecule has 1 fully saturated rings. The molecule has 8 heteroatoms. The van der Waals surface area contributed by atoms with Gasteiger partial charge in [-0.25, -0.2) is 0 Å². The molecule has 1 saturated heterocycles. The van der Waals surface area contributed by atoms with Gasteiger partial charge in [-0.05, 0) is 0 Å². The van der Waals surface area contributed by atoms with E-state index in [-0.39, 0.29) is 6.61 Å². The van der Waals surface area contributed by atoms with E-state index in [1.807, 2.05) is 0 Å². The van der Waals surface area contributed by atoms with Gasteiger partial charge in [0.1, 0.15) is 18.2 Å². The Bertz CT molecular complexity index is 285. The molecule has 0 aromatic rings. The van der Waals surface area contributed by atoms with E-state index in [4.69, 9.17) is 25.4 Å². The summed E-state index contributed by atoms with van der Waals surface area (Å²) < 4.78 is 10.4. The highest BCUT2D eigenvalue weighted by Gasteiger charge is 2.42. The van der Waals surface area contributed by atoms with E-state index in [9.17, 15) is 15.0 Å². The summed E-state index contributed by atoms with van der Waals surface area (Å²) in [7, 11) is 0. The number of ether oxygens (including phenoxy) is 2. The quantitative estimate of drug-likeness (QED) is 0.367. The van der Waals surface area contributed by atoms with Crippen LogP contribution in [0.1, 0.15) is 6.92 Å². The maximum Gasteiger partial charge on any atom is 0.322 e. The highest BCUT2D eigenvalue weighted by atomic mass is 16.7. The first-order chi connectivity index (χ1) is 8.38. The summed E-state index contributed by atoms with van der Waals surface area (Å²) >= 11 is 0. The van der Waals surface area contributed by atoms with Gasteiger partial charge in [0.2, 0.25) is 0 Å². The maximum absolute atomic E-state index is 10.5. The molecule has 5 unspecified atom stereocenters. The predicted octanol–water partition coefficient (Wildman–Crippen LogP) is -2.51. The van der Waals surface area contributed by atoms with Gasteiger partial charge < -0.3 is 35.6 Å². The number of nitrogens with two attached hydrogens (primary N) is 1. The molecule has 106 valence electrons. The fourth-order valence-corrected chi connectivity index (χ4v) is 1.68. The highest BCUT2D eigenvalue weighted by Crippen LogP contribution is 2.26. The third-order valence-electron chi connectivity index (χ3n) is 2.94. The normalized spacial score (nSPS) is 38.4. The van der Waals surface area contributed by atoms with Crippen LogP contribution in [0.5, 0.6) is 0 Å². The Hall–Kier alpha value is -0.770. The van der Waals surface area contributed by atoms with Crippen LogP contribution in [0.25, 0.3) is 0 Å². The molecule has 1 aliphatic rings. The van der Waals surface area contributed by atoms with Crippen molar-refractivity contribution in [3.63, 3.8) is 0 Å². The molecular formula is C10H19NO7. The fourth-order valence-electron chi connectivity index (χ4n) is 1.68. The van der Waals surface area contributed by atoms with Crippen molar-refractivity contribution in [2.45, 2.75) is 37.6 Å². The third-order valence-corrected chi connectivity index (χ3v) is 2.94. The van der Waals surface area contributed by atoms with Crippen molar-refractivity contribution in [2.24, 2.45) is 11.7 Å². The van der Waals surface area contributed by atoms with Crippen LogP contribution in [0.4, 0.5) is 0 Å². The molecule has 0 spiro atoms. The number of hydrogen-bond donors (Lipinski definition) is 5. The van der Waals surface area contributed by atoms with E-state index in [1.165, 1.54) is 0 Å². The summed E-state index contributed by atoms with van der Waals surface area (Å²) in [6, 6.07) is -1.20. The molecule has 0 aromatic carbocycles. The lowest BCUT2D eigenvalue weighted by molar-refractivity contribution is -0.282. The van der Waals surface area contributed by atoms with Gasteiger partial charge in [-0.2, -0.15) is 0 Å². The van der Waals surface area contributed by atoms with Crippen LogP contribution >= 0.6 is 0 Å². The number of carbonyl (C=O) groups is 1. The van der Waals surface area contributed by atoms with Gasteiger partial charge in [0.15, 0.2) is 6.29 Å². The first kappa shape index (κ1) is 15.3. The zero-order chi connectivity index (χ0) is 13.9. The minimum Gasteiger partial charge on any atom is -0.480 e. The first-order valence-corrected chi connectivity index (χ1v) is 5.61. The lowest BCUT2D eigenvalue weighted by atomic mass is 9.92. The van der Waals surface area contributed by atoms with Crippen molar-refractivity contribution in [3.05, 3.63) is 0 Å². The molecule has 0 bridgehead atoms. The molecule has 18 heavy (non-hydrogen) atoms. The van der Waals surface area contributed by atoms with Gasteiger partial charge in [0.25, 0.3) is 0 Å². The Labute approximate surface area is 104 Å². The van der Waals surface area contributed by atoms with Crippen LogP contribution in [0.3, 0.4) is 0 Å². The van der Waals surface area contributed by atoms with Gasteiger partial charge in [-0.1, -0.05) is 6.92 Å².